The van der Waals surface area contributed by atoms with Gasteiger partial charge in [0.1, 0.15) is 23.2 Å². The molecule has 27 heavy (non-hydrogen) atoms. The van der Waals surface area contributed by atoms with Gasteiger partial charge < -0.3 is 29.1 Å². The Kier molecular flexibility index (Phi) is 8.03. The first-order valence-corrected chi connectivity index (χ1v) is 11.2. The highest BCUT2D eigenvalue weighted by Crippen LogP contribution is 2.55. The fraction of sp³-hybridized carbons (Fsp3) is 0.250. The van der Waals surface area contributed by atoms with Gasteiger partial charge in [-0.15, -0.1) is 0 Å². The number of benzene rings is 3. The Morgan fingerprint density at radius 3 is 1.15 bits per heavy atom. The third kappa shape index (κ3) is 4.80. The van der Waals surface area contributed by atoms with Gasteiger partial charge in [0, 0.05) is 13.0 Å². The van der Waals surface area contributed by atoms with Crippen LogP contribution in [0.1, 0.15) is 23.1 Å². The number of aryl methyl sites for hydroxylation is 3. The van der Waals surface area contributed by atoms with Crippen molar-refractivity contribution in [2.24, 2.45) is 0 Å². The topological polar surface area (TPSA) is 20.2 Å². The molecule has 0 amide bonds. The maximum atomic E-state index is 9.62. The zero-order chi connectivity index (χ0) is 18.6. The van der Waals surface area contributed by atoms with Crippen molar-refractivity contribution in [3.63, 3.8) is 0 Å². The van der Waals surface area contributed by atoms with Gasteiger partial charge in [-0.05, 0) is 57.2 Å². The first kappa shape index (κ1) is 22.1. The van der Waals surface area contributed by atoms with E-state index in [9.17, 15) is 5.11 Å². The van der Waals surface area contributed by atoms with Gasteiger partial charge in [-0.25, -0.2) is 0 Å². The van der Waals surface area contributed by atoms with Crippen molar-refractivity contribution < 1.29 is 29.1 Å². The highest BCUT2D eigenvalue weighted by Gasteiger charge is 2.44. The molecular formula is C24H28IOP. The summed E-state index contributed by atoms with van der Waals surface area (Å²) in [7, 11) is -1.79. The summed E-state index contributed by atoms with van der Waals surface area (Å²) in [6, 6.07) is 27.0. The van der Waals surface area contributed by atoms with Crippen molar-refractivity contribution in [2.75, 3.05) is 12.8 Å². The first-order valence-electron chi connectivity index (χ1n) is 9.27. The summed E-state index contributed by atoms with van der Waals surface area (Å²) in [5.41, 5.74) is 3.84. The number of aliphatic hydroxyl groups is 1. The second-order valence-corrected chi connectivity index (χ2v) is 10.7. The van der Waals surface area contributed by atoms with Crippen molar-refractivity contribution in [3.8, 4) is 0 Å². The molecule has 0 saturated heterocycles. The summed E-state index contributed by atoms with van der Waals surface area (Å²) >= 11 is 0. The molecule has 0 aliphatic carbocycles. The minimum Gasteiger partial charge on any atom is -1.00 e. The number of hydrogen-bond acceptors (Lipinski definition) is 1. The summed E-state index contributed by atoms with van der Waals surface area (Å²) in [6.45, 7) is 6.63. The van der Waals surface area contributed by atoms with E-state index in [0.717, 1.165) is 12.6 Å². The number of aliphatic hydroxyl groups excluding tert-OH is 1. The monoisotopic (exact) mass is 490 g/mol. The molecule has 0 aliphatic heterocycles. The van der Waals surface area contributed by atoms with E-state index in [4.69, 9.17) is 0 Å². The molecule has 0 saturated carbocycles. The zero-order valence-corrected chi connectivity index (χ0v) is 19.4. The molecule has 142 valence electrons. The molecule has 1 nitrogen and oxygen atoms in total. The van der Waals surface area contributed by atoms with Crippen LogP contribution in [0.15, 0.2) is 72.8 Å². The van der Waals surface area contributed by atoms with Gasteiger partial charge in [-0.3, -0.25) is 0 Å². The summed E-state index contributed by atoms with van der Waals surface area (Å²) in [5.74, 6) is 0. The van der Waals surface area contributed by atoms with Crippen molar-refractivity contribution in [2.45, 2.75) is 27.2 Å². The minimum atomic E-state index is -1.79. The van der Waals surface area contributed by atoms with Crippen LogP contribution in [0.4, 0.5) is 0 Å². The van der Waals surface area contributed by atoms with E-state index in [1.807, 2.05) is 0 Å². The van der Waals surface area contributed by atoms with Gasteiger partial charge in [0.05, 0.1) is 6.16 Å². The van der Waals surface area contributed by atoms with Crippen LogP contribution in [-0.4, -0.2) is 17.9 Å². The van der Waals surface area contributed by atoms with E-state index in [1.54, 1.807) is 0 Å². The predicted molar refractivity (Wildman–Crippen MR) is 116 cm³/mol. The summed E-state index contributed by atoms with van der Waals surface area (Å²) in [4.78, 5) is 0. The van der Waals surface area contributed by atoms with Gasteiger partial charge in [-0.2, -0.15) is 0 Å². The maximum absolute atomic E-state index is 9.62. The van der Waals surface area contributed by atoms with E-state index < -0.39 is 7.26 Å². The van der Waals surface area contributed by atoms with Crippen molar-refractivity contribution in [1.82, 2.24) is 0 Å². The van der Waals surface area contributed by atoms with Crippen molar-refractivity contribution in [3.05, 3.63) is 89.5 Å². The Bertz CT molecular complexity index is 728. The lowest BCUT2D eigenvalue weighted by molar-refractivity contribution is -0.00000643. The smallest absolute Gasteiger partial charge is 0.112 e. The van der Waals surface area contributed by atoms with E-state index in [1.165, 1.54) is 32.6 Å². The maximum Gasteiger partial charge on any atom is 0.112 e. The molecule has 1 N–H and O–H groups in total. The van der Waals surface area contributed by atoms with E-state index in [-0.39, 0.29) is 30.6 Å². The average Bonchev–Trinajstić information content (AvgIpc) is 2.66. The molecule has 3 aromatic rings. The molecule has 0 aromatic heterocycles. The summed E-state index contributed by atoms with van der Waals surface area (Å²) in [6.07, 6.45) is 1.79. The Hall–Kier alpha value is -1.22. The lowest BCUT2D eigenvalue weighted by Crippen LogP contribution is -3.00. The Labute approximate surface area is 181 Å². The molecule has 0 bridgehead atoms. The third-order valence-electron chi connectivity index (χ3n) is 5.08. The standard InChI is InChI=1S/C24H28OP.HI/c1-19-5-11-22(12-6-19)26(18-4-17-25,23-13-7-20(2)8-14-23)24-15-9-21(3)10-16-24;/h5-16,25H,4,17-18H2,1-3H3;1H/q+1;/p-1. The Balaban J connectivity index is 0.00000261. The second-order valence-electron chi connectivity index (χ2n) is 7.12. The Morgan fingerprint density at radius 2 is 0.889 bits per heavy atom. The third-order valence-corrected chi connectivity index (χ3v) is 9.60. The van der Waals surface area contributed by atoms with Crippen LogP contribution in [-0.2, 0) is 0 Å². The Morgan fingerprint density at radius 1 is 0.593 bits per heavy atom. The molecule has 0 atom stereocenters. The minimum absolute atomic E-state index is 0. The lowest BCUT2D eigenvalue weighted by atomic mass is 10.2. The number of rotatable bonds is 6. The summed E-state index contributed by atoms with van der Waals surface area (Å²) < 4.78 is 0. The highest BCUT2D eigenvalue weighted by atomic mass is 127. The quantitative estimate of drug-likeness (QED) is 0.408. The van der Waals surface area contributed by atoms with Crippen LogP contribution in [0, 0.1) is 20.8 Å². The molecule has 0 heterocycles. The lowest BCUT2D eigenvalue weighted by Gasteiger charge is -2.28. The van der Waals surface area contributed by atoms with Gasteiger partial charge >= 0.3 is 0 Å². The molecule has 0 aliphatic rings. The van der Waals surface area contributed by atoms with Gasteiger partial charge in [0.25, 0.3) is 0 Å². The van der Waals surface area contributed by atoms with Crippen LogP contribution >= 0.6 is 7.26 Å². The van der Waals surface area contributed by atoms with Crippen molar-refractivity contribution >= 4 is 23.2 Å². The van der Waals surface area contributed by atoms with Gasteiger partial charge in [-0.1, -0.05) is 53.1 Å². The fourth-order valence-corrected chi connectivity index (χ4v) is 7.80. The number of halogens is 1. The van der Waals surface area contributed by atoms with Gasteiger partial charge in [0.2, 0.25) is 0 Å². The zero-order valence-electron chi connectivity index (χ0n) is 16.3. The van der Waals surface area contributed by atoms with Crippen LogP contribution < -0.4 is 39.9 Å². The SMILES string of the molecule is Cc1ccc([P+](CCCO)(c2ccc(C)cc2)c2ccc(C)cc2)cc1.[I-]. The van der Waals surface area contributed by atoms with Gasteiger partial charge in [0.15, 0.2) is 0 Å². The van der Waals surface area contributed by atoms with Crippen LogP contribution in [0.5, 0.6) is 0 Å². The molecule has 0 radical (unpaired) electrons. The normalized spacial score (nSPS) is 11.1. The summed E-state index contributed by atoms with van der Waals surface area (Å²) in [5, 5.41) is 13.8. The van der Waals surface area contributed by atoms with E-state index >= 15 is 0 Å². The average molecular weight is 490 g/mol. The second kappa shape index (κ2) is 9.82. The molecule has 0 unspecified atom stereocenters. The molecular weight excluding hydrogens is 462 g/mol. The molecule has 3 rings (SSSR count). The molecule has 3 heteroatoms. The predicted octanol–water partition coefficient (Wildman–Crippen LogP) is 1.29. The number of hydrogen-bond donors (Lipinski definition) is 1. The molecule has 0 spiro atoms. The van der Waals surface area contributed by atoms with Crippen LogP contribution in [0.3, 0.4) is 0 Å². The largest absolute Gasteiger partial charge is 1.00 e. The molecule has 0 fully saturated rings. The van der Waals surface area contributed by atoms with Crippen LogP contribution in [0.25, 0.3) is 0 Å². The van der Waals surface area contributed by atoms with Crippen molar-refractivity contribution in [1.29, 1.82) is 0 Å². The van der Waals surface area contributed by atoms with E-state index in [0.29, 0.717) is 0 Å². The fourth-order valence-electron chi connectivity index (χ4n) is 3.54. The highest BCUT2D eigenvalue weighted by molar-refractivity contribution is 7.95. The van der Waals surface area contributed by atoms with E-state index in [2.05, 4.69) is 93.6 Å². The first-order chi connectivity index (χ1) is 12.6. The van der Waals surface area contributed by atoms with Crippen LogP contribution in [0.2, 0.25) is 0 Å². The molecule has 3 aromatic carbocycles.